The van der Waals surface area contributed by atoms with Gasteiger partial charge in [0.2, 0.25) is 0 Å². The molecule has 0 bridgehead atoms. The van der Waals surface area contributed by atoms with E-state index in [1.54, 1.807) is 59.7 Å². The van der Waals surface area contributed by atoms with Crippen LogP contribution in [0.2, 0.25) is 0 Å². The maximum Gasteiger partial charge on any atom is 0.573 e. The fraction of sp³-hybridized carbons (Fsp3) is 0.400. The van der Waals surface area contributed by atoms with Gasteiger partial charge in [0.05, 0.1) is 23.9 Å². The molecule has 0 saturated heterocycles. The summed E-state index contributed by atoms with van der Waals surface area (Å²) in [7, 11) is 0. The summed E-state index contributed by atoms with van der Waals surface area (Å²) in [6.07, 6.45) is -5.57. The van der Waals surface area contributed by atoms with Gasteiger partial charge < -0.3 is 19.5 Å². The van der Waals surface area contributed by atoms with Crippen LogP contribution in [0.4, 0.5) is 23.8 Å². The van der Waals surface area contributed by atoms with Crippen molar-refractivity contribution >= 4 is 23.6 Å². The molecule has 10 nitrogen and oxygen atoms in total. The quantitative estimate of drug-likeness (QED) is 0.232. The lowest BCUT2D eigenvalue weighted by Gasteiger charge is -2.26. The molecule has 48 heavy (non-hydrogen) atoms. The highest BCUT2D eigenvalue weighted by Gasteiger charge is 2.47. The third kappa shape index (κ3) is 9.11. The highest BCUT2D eigenvalue weighted by atomic mass is 19.4. The summed E-state index contributed by atoms with van der Waals surface area (Å²) in [5.41, 5.74) is 0.306. The number of rotatable bonds is 9. The number of anilines is 1. The number of ketones is 1. The van der Waals surface area contributed by atoms with Gasteiger partial charge in [0.25, 0.3) is 5.91 Å². The molecule has 256 valence electrons. The van der Waals surface area contributed by atoms with Crippen LogP contribution in [0.3, 0.4) is 0 Å². The van der Waals surface area contributed by atoms with Gasteiger partial charge >= 0.3 is 12.5 Å². The van der Waals surface area contributed by atoms with Crippen LogP contribution >= 0.6 is 0 Å². The number of carbonyl (C=O) groups is 3. The molecule has 0 spiro atoms. The van der Waals surface area contributed by atoms with Crippen molar-refractivity contribution in [3.8, 4) is 5.75 Å². The van der Waals surface area contributed by atoms with E-state index in [1.807, 2.05) is 26.0 Å². The molecule has 0 fully saturated rings. The second-order valence-electron chi connectivity index (χ2n) is 13.5. The summed E-state index contributed by atoms with van der Waals surface area (Å²) in [6, 6.07) is 13.7. The Morgan fingerprint density at radius 2 is 1.48 bits per heavy atom. The lowest BCUT2D eigenvalue weighted by Crippen LogP contribution is -2.33. The molecule has 1 unspecified atom stereocenters. The predicted molar refractivity (Wildman–Crippen MR) is 171 cm³/mol. The van der Waals surface area contributed by atoms with Crippen LogP contribution < -0.4 is 15.0 Å². The van der Waals surface area contributed by atoms with Gasteiger partial charge in [-0.2, -0.15) is 5.10 Å². The van der Waals surface area contributed by atoms with E-state index in [0.717, 1.165) is 17.7 Å². The van der Waals surface area contributed by atoms with E-state index in [4.69, 9.17) is 9.47 Å². The number of amides is 2. The molecule has 1 N–H and O–H groups in total. The van der Waals surface area contributed by atoms with Gasteiger partial charge in [-0.3, -0.25) is 14.5 Å². The summed E-state index contributed by atoms with van der Waals surface area (Å²) in [6.45, 7) is 14.4. The molecule has 2 aromatic carbocycles. The molecule has 1 aromatic heterocycles. The molecular weight excluding hydrogens is 629 g/mol. The lowest BCUT2D eigenvalue weighted by atomic mass is 9.91. The molecule has 3 aromatic rings. The smallest absolute Gasteiger partial charge is 0.482 e. The molecule has 13 heteroatoms. The molecule has 1 aliphatic heterocycles. The summed E-state index contributed by atoms with van der Waals surface area (Å²) >= 11 is 0. The van der Waals surface area contributed by atoms with E-state index in [9.17, 15) is 27.6 Å². The molecule has 1 aliphatic rings. The number of benzene rings is 2. The number of ether oxygens (including phenoxy) is 3. The van der Waals surface area contributed by atoms with Crippen LogP contribution in [0.5, 0.6) is 5.75 Å². The minimum absolute atomic E-state index is 0.0193. The third-order valence-electron chi connectivity index (χ3n) is 6.88. The van der Waals surface area contributed by atoms with E-state index < -0.39 is 47.1 Å². The van der Waals surface area contributed by atoms with Crippen molar-refractivity contribution in [2.75, 3.05) is 4.90 Å². The number of hydrogen-bond acceptors (Lipinski definition) is 8. The van der Waals surface area contributed by atoms with Crippen molar-refractivity contribution in [1.82, 2.24) is 15.5 Å². The van der Waals surface area contributed by atoms with Crippen molar-refractivity contribution in [3.05, 3.63) is 94.4 Å². The van der Waals surface area contributed by atoms with Gasteiger partial charge in [-0.1, -0.05) is 50.2 Å². The number of carbonyl (C=O) groups excluding carboxylic acids is 3. The number of Topliss-reactive ketones (excluding diaryl/α,β-unsaturated/α-hetero) is 1. The highest BCUT2D eigenvalue weighted by molar-refractivity contribution is 6.21. The van der Waals surface area contributed by atoms with Gasteiger partial charge in [0.1, 0.15) is 17.0 Å². The number of halogens is 3. The normalized spacial score (nSPS) is 15.5. The fourth-order valence-electron chi connectivity index (χ4n) is 4.86. The first-order valence-electron chi connectivity index (χ1n) is 15.3. The zero-order valence-corrected chi connectivity index (χ0v) is 28.1. The Morgan fingerprint density at radius 1 is 0.854 bits per heavy atom. The number of alkyl halides is 3. The van der Waals surface area contributed by atoms with Gasteiger partial charge in [0, 0.05) is 5.56 Å². The van der Waals surface area contributed by atoms with Crippen LogP contribution in [-0.4, -0.2) is 45.5 Å². The minimum Gasteiger partial charge on any atom is -0.482 e. The first-order valence-corrected chi connectivity index (χ1v) is 15.3. The second-order valence-corrected chi connectivity index (χ2v) is 13.5. The van der Waals surface area contributed by atoms with E-state index in [2.05, 4.69) is 20.3 Å². The van der Waals surface area contributed by atoms with Crippen molar-refractivity contribution in [2.24, 2.45) is 0 Å². The van der Waals surface area contributed by atoms with E-state index in [0.29, 0.717) is 11.3 Å². The zero-order valence-electron chi connectivity index (χ0n) is 28.1. The van der Waals surface area contributed by atoms with Crippen LogP contribution in [-0.2, 0) is 20.8 Å². The maximum absolute atomic E-state index is 14.3. The van der Waals surface area contributed by atoms with Crippen molar-refractivity contribution in [2.45, 2.75) is 91.5 Å². The van der Waals surface area contributed by atoms with Gasteiger partial charge in [-0.05, 0) is 82.9 Å². The summed E-state index contributed by atoms with van der Waals surface area (Å²) in [5, 5.41) is 11.0. The van der Waals surface area contributed by atoms with Crippen LogP contribution in [0.25, 0.3) is 0 Å². The van der Waals surface area contributed by atoms with Gasteiger partial charge in [0.15, 0.2) is 17.4 Å². The Bertz CT molecular complexity index is 1670. The highest BCUT2D eigenvalue weighted by Crippen LogP contribution is 2.44. The Hall–Kier alpha value is -4.94. The number of alkyl carbamates (subject to hydrolysis) is 1. The zero-order chi connectivity index (χ0) is 35.6. The first kappa shape index (κ1) is 35.9. The monoisotopic (exact) mass is 668 g/mol. The molecule has 1 atom stereocenters. The number of nitrogens with zero attached hydrogens (tertiary/aromatic N) is 3. The molecule has 2 heterocycles. The molecule has 4 rings (SSSR count). The van der Waals surface area contributed by atoms with Crippen LogP contribution in [0, 0.1) is 0 Å². The Kier molecular flexibility index (Phi) is 10.2. The van der Waals surface area contributed by atoms with Crippen LogP contribution in [0.1, 0.15) is 94.5 Å². The Morgan fingerprint density at radius 3 is 1.98 bits per heavy atom. The van der Waals surface area contributed by atoms with Crippen molar-refractivity contribution < 1.29 is 41.8 Å². The molecule has 2 amide bonds. The molecule has 0 radical (unpaired) electrons. The predicted octanol–water partition coefficient (Wildman–Crippen LogP) is 7.56. The Labute approximate surface area is 277 Å². The minimum atomic E-state index is -4.91. The number of hydrogen-bond donors (Lipinski definition) is 1. The second kappa shape index (κ2) is 13.7. The van der Waals surface area contributed by atoms with Gasteiger partial charge in [-0.25, -0.2) is 4.79 Å². The van der Waals surface area contributed by atoms with Crippen LogP contribution in [0.15, 0.2) is 72.0 Å². The van der Waals surface area contributed by atoms with E-state index in [1.165, 1.54) is 23.1 Å². The molecular formula is C35H39F3N4O6. The third-order valence-corrected chi connectivity index (χ3v) is 6.88. The van der Waals surface area contributed by atoms with E-state index >= 15 is 0 Å². The SMILES string of the molecule is CC(C)c1ccc(C(=O)C2=C(OC(C)(C)C)C(=O)N(c3ccc(CNC(=O)OC(C)(C)C)nn3)C2c2ccc(OC(F)(F)F)cc2)cc1. The standard InChI is InChI=1S/C35H39F3N4O6/c1-20(2)21-9-11-23(12-10-21)29(43)27-28(22-13-16-25(17-14-22)46-35(36,37)38)42(31(44)30(27)47-33(3,4)5)26-18-15-24(40-41-26)19-39-32(45)48-34(6,7)8/h9-18,20,28H,19H2,1-8H3,(H,39,45). The lowest BCUT2D eigenvalue weighted by molar-refractivity contribution is -0.274. The number of nitrogens with one attached hydrogen (secondary N) is 1. The van der Waals surface area contributed by atoms with Crippen molar-refractivity contribution in [1.29, 1.82) is 0 Å². The average molecular weight is 669 g/mol. The summed E-state index contributed by atoms with van der Waals surface area (Å²) in [4.78, 5) is 41.9. The van der Waals surface area contributed by atoms with Crippen molar-refractivity contribution in [3.63, 3.8) is 0 Å². The Balaban J connectivity index is 1.79. The summed E-state index contributed by atoms with van der Waals surface area (Å²) < 4.78 is 54.2. The summed E-state index contributed by atoms with van der Waals surface area (Å²) in [5.74, 6) is -1.65. The first-order chi connectivity index (χ1) is 22.2. The van der Waals surface area contributed by atoms with E-state index in [-0.39, 0.29) is 35.2 Å². The molecule has 0 saturated carbocycles. The largest absolute Gasteiger partial charge is 0.573 e. The average Bonchev–Trinajstić information content (AvgIpc) is 3.25. The molecule has 0 aliphatic carbocycles. The number of aromatic nitrogens is 2. The maximum atomic E-state index is 14.3. The fourth-order valence-corrected chi connectivity index (χ4v) is 4.86. The topological polar surface area (TPSA) is 120 Å². The van der Waals surface area contributed by atoms with Gasteiger partial charge in [-0.15, -0.1) is 18.3 Å².